The third-order valence-electron chi connectivity index (χ3n) is 3.01. The van der Waals surface area contributed by atoms with Gasteiger partial charge >= 0.3 is 0 Å². The van der Waals surface area contributed by atoms with Gasteiger partial charge in [0.25, 0.3) is 0 Å². The molecule has 1 amide bonds. The van der Waals surface area contributed by atoms with Gasteiger partial charge in [0.05, 0.1) is 11.7 Å². The van der Waals surface area contributed by atoms with Crippen molar-refractivity contribution in [1.82, 2.24) is 15.1 Å². The molecule has 0 unspecified atom stereocenters. The van der Waals surface area contributed by atoms with E-state index < -0.39 is 6.04 Å². The fourth-order valence-electron chi connectivity index (χ4n) is 1.54. The van der Waals surface area contributed by atoms with Crippen LogP contribution < -0.4 is 11.1 Å². The molecule has 0 bridgehead atoms. The van der Waals surface area contributed by atoms with E-state index in [2.05, 4.69) is 10.4 Å². The van der Waals surface area contributed by atoms with Crippen molar-refractivity contribution in [3.63, 3.8) is 0 Å². The molecule has 0 aliphatic heterocycles. The molecule has 5 heteroatoms. The Balaban J connectivity index is 2.29. The van der Waals surface area contributed by atoms with Gasteiger partial charge in [-0.25, -0.2) is 0 Å². The normalized spacial score (nSPS) is 14.4. The monoisotopic (exact) mass is 238 g/mol. The largest absolute Gasteiger partial charge is 0.354 e. The van der Waals surface area contributed by atoms with Gasteiger partial charge in [-0.3, -0.25) is 9.48 Å². The van der Waals surface area contributed by atoms with Crippen LogP contribution in [0.2, 0.25) is 0 Å². The van der Waals surface area contributed by atoms with Crippen molar-refractivity contribution < 1.29 is 4.79 Å². The molecule has 3 N–H and O–H groups in total. The number of aryl methyl sites for hydroxylation is 1. The molecular weight excluding hydrogens is 216 g/mol. The lowest BCUT2D eigenvalue weighted by atomic mass is 9.99. The van der Waals surface area contributed by atoms with Gasteiger partial charge in [-0.1, -0.05) is 20.3 Å². The Morgan fingerprint density at radius 1 is 1.65 bits per heavy atom. The molecule has 0 spiro atoms. The van der Waals surface area contributed by atoms with E-state index in [1.54, 1.807) is 4.68 Å². The Morgan fingerprint density at radius 2 is 2.35 bits per heavy atom. The maximum absolute atomic E-state index is 11.7. The van der Waals surface area contributed by atoms with E-state index in [0.29, 0.717) is 6.54 Å². The number of nitrogens with two attached hydrogens (primary N) is 1. The van der Waals surface area contributed by atoms with E-state index in [9.17, 15) is 4.79 Å². The Labute approximate surface area is 102 Å². The summed E-state index contributed by atoms with van der Waals surface area (Å²) in [5.41, 5.74) is 6.80. The van der Waals surface area contributed by atoms with Crippen LogP contribution in [0, 0.1) is 5.92 Å². The summed E-state index contributed by atoms with van der Waals surface area (Å²) < 4.78 is 1.75. The van der Waals surface area contributed by atoms with Crippen LogP contribution in [0.25, 0.3) is 0 Å². The molecule has 0 saturated heterocycles. The molecule has 1 aromatic rings. The molecule has 0 saturated carbocycles. The first-order chi connectivity index (χ1) is 8.04. The van der Waals surface area contributed by atoms with Crippen molar-refractivity contribution in [3.8, 4) is 0 Å². The first kappa shape index (κ1) is 13.7. The van der Waals surface area contributed by atoms with E-state index in [1.165, 1.54) is 0 Å². The van der Waals surface area contributed by atoms with E-state index in [0.717, 1.165) is 18.5 Å². The van der Waals surface area contributed by atoms with Gasteiger partial charge in [-0.2, -0.15) is 5.10 Å². The maximum atomic E-state index is 11.7. The second-order valence-corrected chi connectivity index (χ2v) is 4.43. The second-order valence-electron chi connectivity index (χ2n) is 4.43. The Kier molecular flexibility index (Phi) is 5.15. The highest BCUT2D eigenvalue weighted by Crippen LogP contribution is 2.05. The number of aromatic nitrogens is 2. The third-order valence-corrected chi connectivity index (χ3v) is 3.01. The van der Waals surface area contributed by atoms with Gasteiger partial charge in [0.1, 0.15) is 0 Å². The number of hydrogen-bond acceptors (Lipinski definition) is 3. The molecular formula is C12H22N4O. The highest BCUT2D eigenvalue weighted by molar-refractivity contribution is 5.81. The number of amides is 1. The summed E-state index contributed by atoms with van der Waals surface area (Å²) in [6.07, 6.45) is 3.54. The lowest BCUT2D eigenvalue weighted by molar-refractivity contribution is -0.123. The molecule has 0 aliphatic carbocycles. The third kappa shape index (κ3) is 4.19. The lowest BCUT2D eigenvalue weighted by Crippen LogP contribution is -2.45. The SMILES string of the molecule is CC[C@H](C)[C@H](N)C(=O)NCCc1ccn(C)n1. The van der Waals surface area contributed by atoms with E-state index in [4.69, 9.17) is 5.73 Å². The summed E-state index contributed by atoms with van der Waals surface area (Å²) in [5, 5.41) is 7.08. The van der Waals surface area contributed by atoms with Crippen LogP contribution in [0.5, 0.6) is 0 Å². The van der Waals surface area contributed by atoms with Crippen molar-refractivity contribution in [3.05, 3.63) is 18.0 Å². The number of nitrogens with zero attached hydrogens (tertiary/aromatic N) is 2. The average molecular weight is 238 g/mol. The highest BCUT2D eigenvalue weighted by atomic mass is 16.2. The predicted molar refractivity (Wildman–Crippen MR) is 67.4 cm³/mol. The zero-order valence-corrected chi connectivity index (χ0v) is 10.8. The molecule has 0 aromatic carbocycles. The van der Waals surface area contributed by atoms with Crippen molar-refractivity contribution in [2.45, 2.75) is 32.7 Å². The molecule has 17 heavy (non-hydrogen) atoms. The zero-order chi connectivity index (χ0) is 12.8. The number of hydrogen-bond donors (Lipinski definition) is 2. The Hall–Kier alpha value is -1.36. The summed E-state index contributed by atoms with van der Waals surface area (Å²) in [5.74, 6) is 0.139. The highest BCUT2D eigenvalue weighted by Gasteiger charge is 2.18. The van der Waals surface area contributed by atoms with Crippen molar-refractivity contribution >= 4 is 5.91 Å². The number of carbonyl (C=O) groups is 1. The molecule has 0 radical (unpaired) electrons. The average Bonchev–Trinajstić information content (AvgIpc) is 2.72. The number of rotatable bonds is 6. The smallest absolute Gasteiger partial charge is 0.237 e. The minimum Gasteiger partial charge on any atom is -0.354 e. The summed E-state index contributed by atoms with van der Waals surface area (Å²) in [6.45, 7) is 4.61. The van der Waals surface area contributed by atoms with Gasteiger partial charge in [0.15, 0.2) is 0 Å². The van der Waals surface area contributed by atoms with Crippen LogP contribution in [-0.4, -0.2) is 28.3 Å². The molecule has 1 aromatic heterocycles. The second kappa shape index (κ2) is 6.39. The van der Waals surface area contributed by atoms with E-state index >= 15 is 0 Å². The van der Waals surface area contributed by atoms with Crippen molar-refractivity contribution in [1.29, 1.82) is 0 Å². The van der Waals surface area contributed by atoms with Gasteiger partial charge in [0, 0.05) is 26.2 Å². The first-order valence-corrected chi connectivity index (χ1v) is 6.06. The van der Waals surface area contributed by atoms with E-state index in [1.807, 2.05) is 33.2 Å². The number of nitrogens with one attached hydrogen (secondary N) is 1. The maximum Gasteiger partial charge on any atom is 0.237 e. The van der Waals surface area contributed by atoms with Crippen LogP contribution in [0.1, 0.15) is 26.0 Å². The standard InChI is InChI=1S/C12H22N4O/c1-4-9(2)11(13)12(17)14-7-5-10-6-8-16(3)15-10/h6,8-9,11H,4-5,7,13H2,1-3H3,(H,14,17)/t9-,11-/m0/s1. The molecule has 0 aliphatic rings. The van der Waals surface area contributed by atoms with Gasteiger partial charge in [0.2, 0.25) is 5.91 Å². The number of carbonyl (C=O) groups excluding carboxylic acids is 1. The molecule has 1 heterocycles. The van der Waals surface area contributed by atoms with Crippen molar-refractivity contribution in [2.24, 2.45) is 18.7 Å². The van der Waals surface area contributed by atoms with Crippen LogP contribution in [0.15, 0.2) is 12.3 Å². The Morgan fingerprint density at radius 3 is 2.88 bits per heavy atom. The van der Waals surface area contributed by atoms with Gasteiger partial charge < -0.3 is 11.1 Å². The Bertz CT molecular complexity index is 361. The molecule has 2 atom stereocenters. The summed E-state index contributed by atoms with van der Waals surface area (Å²) in [7, 11) is 1.88. The minimum atomic E-state index is -0.413. The summed E-state index contributed by atoms with van der Waals surface area (Å²) in [6, 6.07) is 1.53. The molecule has 0 fully saturated rings. The quantitative estimate of drug-likeness (QED) is 0.756. The molecule has 96 valence electrons. The van der Waals surface area contributed by atoms with Crippen LogP contribution in [0.3, 0.4) is 0 Å². The first-order valence-electron chi connectivity index (χ1n) is 6.06. The van der Waals surface area contributed by atoms with Gasteiger partial charge in [-0.05, 0) is 12.0 Å². The summed E-state index contributed by atoms with van der Waals surface area (Å²) in [4.78, 5) is 11.7. The molecule has 1 rings (SSSR count). The predicted octanol–water partition coefficient (Wildman–Crippen LogP) is 0.452. The van der Waals surface area contributed by atoms with Crippen LogP contribution in [0.4, 0.5) is 0 Å². The zero-order valence-electron chi connectivity index (χ0n) is 10.8. The summed E-state index contributed by atoms with van der Waals surface area (Å²) >= 11 is 0. The van der Waals surface area contributed by atoms with Crippen LogP contribution >= 0.6 is 0 Å². The van der Waals surface area contributed by atoms with Crippen molar-refractivity contribution in [2.75, 3.05) is 6.54 Å². The van der Waals surface area contributed by atoms with E-state index in [-0.39, 0.29) is 11.8 Å². The fourth-order valence-corrected chi connectivity index (χ4v) is 1.54. The minimum absolute atomic E-state index is 0.0738. The van der Waals surface area contributed by atoms with Crippen LogP contribution in [-0.2, 0) is 18.3 Å². The van der Waals surface area contributed by atoms with Gasteiger partial charge in [-0.15, -0.1) is 0 Å². The lowest BCUT2D eigenvalue weighted by Gasteiger charge is -2.17. The molecule has 5 nitrogen and oxygen atoms in total. The fraction of sp³-hybridized carbons (Fsp3) is 0.667. The topological polar surface area (TPSA) is 72.9 Å².